The molecule has 0 heterocycles. The van der Waals surface area contributed by atoms with Gasteiger partial charge < -0.3 is 15.8 Å². The summed E-state index contributed by atoms with van der Waals surface area (Å²) in [7, 11) is 1.53. The van der Waals surface area contributed by atoms with Crippen LogP contribution in [0.5, 0.6) is 0 Å². The van der Waals surface area contributed by atoms with Crippen LogP contribution in [0.3, 0.4) is 0 Å². The second kappa shape index (κ2) is 5.89. The highest BCUT2D eigenvalue weighted by Crippen LogP contribution is 2.13. The van der Waals surface area contributed by atoms with E-state index in [4.69, 9.17) is 10.5 Å². The van der Waals surface area contributed by atoms with E-state index in [1.165, 1.54) is 7.05 Å². The van der Waals surface area contributed by atoms with Crippen LogP contribution in [-0.4, -0.2) is 25.5 Å². The number of ether oxygens (including phenoxy) is 1. The molecule has 0 aliphatic carbocycles. The fourth-order valence-corrected chi connectivity index (χ4v) is 1.30. The number of hydrogen-bond donors (Lipinski definition) is 2. The third-order valence-corrected chi connectivity index (χ3v) is 2.32. The maximum Gasteiger partial charge on any atom is 0.338 e. The van der Waals surface area contributed by atoms with Gasteiger partial charge in [0, 0.05) is 12.7 Å². The van der Waals surface area contributed by atoms with Crippen LogP contribution in [0.2, 0.25) is 0 Å². The molecule has 1 aromatic carbocycles. The molecule has 0 spiro atoms. The zero-order valence-corrected chi connectivity index (χ0v) is 9.95. The highest BCUT2D eigenvalue weighted by Gasteiger charge is 2.11. The van der Waals surface area contributed by atoms with Crippen LogP contribution in [0.1, 0.15) is 22.3 Å². The van der Waals surface area contributed by atoms with Gasteiger partial charge in [-0.3, -0.25) is 4.79 Å². The van der Waals surface area contributed by atoms with Crippen molar-refractivity contribution in [1.82, 2.24) is 5.32 Å². The maximum absolute atomic E-state index is 11.7. The summed E-state index contributed by atoms with van der Waals surface area (Å²) in [4.78, 5) is 22.6. The third-order valence-electron chi connectivity index (χ3n) is 2.32. The van der Waals surface area contributed by atoms with E-state index in [1.807, 2.05) is 0 Å². The number of nitrogens with two attached hydrogens (primary N) is 1. The van der Waals surface area contributed by atoms with Gasteiger partial charge in [-0.05, 0) is 24.6 Å². The monoisotopic (exact) mass is 236 g/mol. The molecule has 0 fully saturated rings. The molecule has 92 valence electrons. The summed E-state index contributed by atoms with van der Waals surface area (Å²) in [6, 6.07) is 5.04. The molecule has 0 aliphatic heterocycles. The molecule has 17 heavy (non-hydrogen) atoms. The summed E-state index contributed by atoms with van der Waals surface area (Å²) in [5, 5.41) is 2.45. The number of aryl methyl sites for hydroxylation is 1. The lowest BCUT2D eigenvalue weighted by molar-refractivity contribution is -0.121. The standard InChI is InChI=1S/C12H16N2O3/c1-8-3-4-9(13)7-10(8)12(16)17-6-5-11(15)14-2/h3-4,7H,5-6,13H2,1-2H3,(H,14,15). The average Bonchev–Trinajstić information content (AvgIpc) is 2.31. The van der Waals surface area contributed by atoms with Gasteiger partial charge in [-0.25, -0.2) is 4.79 Å². The van der Waals surface area contributed by atoms with Crippen molar-refractivity contribution in [1.29, 1.82) is 0 Å². The Morgan fingerprint density at radius 1 is 1.41 bits per heavy atom. The molecule has 0 unspecified atom stereocenters. The van der Waals surface area contributed by atoms with Crippen molar-refractivity contribution in [3.8, 4) is 0 Å². The van der Waals surface area contributed by atoms with Crippen molar-refractivity contribution in [3.05, 3.63) is 29.3 Å². The van der Waals surface area contributed by atoms with Crippen molar-refractivity contribution >= 4 is 17.6 Å². The number of carbonyl (C=O) groups excluding carboxylic acids is 2. The molecule has 3 N–H and O–H groups in total. The molecule has 0 saturated carbocycles. The fraction of sp³-hybridized carbons (Fsp3) is 0.333. The Morgan fingerprint density at radius 2 is 2.12 bits per heavy atom. The Bertz CT molecular complexity index is 430. The molecule has 1 aromatic rings. The van der Waals surface area contributed by atoms with E-state index >= 15 is 0 Å². The largest absolute Gasteiger partial charge is 0.462 e. The molecular weight excluding hydrogens is 220 g/mol. The van der Waals surface area contributed by atoms with Crippen LogP contribution in [0, 0.1) is 6.92 Å². The molecule has 0 radical (unpaired) electrons. The van der Waals surface area contributed by atoms with Gasteiger partial charge in [0.25, 0.3) is 0 Å². The van der Waals surface area contributed by atoms with Gasteiger partial charge in [-0.15, -0.1) is 0 Å². The number of nitrogens with one attached hydrogen (secondary N) is 1. The normalized spacial score (nSPS) is 9.76. The number of amides is 1. The number of esters is 1. The molecule has 0 aliphatic rings. The van der Waals surface area contributed by atoms with E-state index in [1.54, 1.807) is 25.1 Å². The summed E-state index contributed by atoms with van der Waals surface area (Å²) in [6.07, 6.45) is 0.156. The Hall–Kier alpha value is -2.04. The lowest BCUT2D eigenvalue weighted by Gasteiger charge is -2.07. The van der Waals surface area contributed by atoms with E-state index in [0.717, 1.165) is 5.56 Å². The first kappa shape index (κ1) is 13.0. The number of hydrogen-bond acceptors (Lipinski definition) is 4. The average molecular weight is 236 g/mol. The van der Waals surface area contributed by atoms with Crippen LogP contribution in [0.15, 0.2) is 18.2 Å². The Balaban J connectivity index is 2.58. The molecule has 0 saturated heterocycles. The van der Waals surface area contributed by atoms with Crippen molar-refractivity contribution in [2.75, 3.05) is 19.4 Å². The van der Waals surface area contributed by atoms with Crippen molar-refractivity contribution in [2.45, 2.75) is 13.3 Å². The minimum absolute atomic E-state index is 0.0622. The van der Waals surface area contributed by atoms with Crippen LogP contribution in [0.25, 0.3) is 0 Å². The predicted octanol–water partition coefficient (Wildman–Crippen LogP) is 0.870. The van der Waals surface area contributed by atoms with E-state index in [-0.39, 0.29) is 18.9 Å². The van der Waals surface area contributed by atoms with Crippen LogP contribution < -0.4 is 11.1 Å². The highest BCUT2D eigenvalue weighted by atomic mass is 16.5. The summed E-state index contributed by atoms with van der Waals surface area (Å²) < 4.78 is 4.98. The van der Waals surface area contributed by atoms with Crippen LogP contribution in [0.4, 0.5) is 5.69 Å². The maximum atomic E-state index is 11.7. The lowest BCUT2D eigenvalue weighted by Crippen LogP contribution is -2.20. The second-order valence-corrected chi connectivity index (χ2v) is 3.63. The molecule has 0 atom stereocenters. The summed E-state index contributed by atoms with van der Waals surface area (Å²) in [5.41, 5.74) is 7.33. The zero-order chi connectivity index (χ0) is 12.8. The number of benzene rings is 1. The Morgan fingerprint density at radius 3 is 2.76 bits per heavy atom. The van der Waals surface area contributed by atoms with Crippen LogP contribution in [-0.2, 0) is 9.53 Å². The Kier molecular flexibility index (Phi) is 4.51. The van der Waals surface area contributed by atoms with E-state index < -0.39 is 5.97 Å². The van der Waals surface area contributed by atoms with Crippen molar-refractivity contribution < 1.29 is 14.3 Å². The molecule has 5 nitrogen and oxygen atoms in total. The van der Waals surface area contributed by atoms with Gasteiger partial charge in [-0.2, -0.15) is 0 Å². The number of rotatable bonds is 4. The van der Waals surface area contributed by atoms with Gasteiger partial charge in [0.15, 0.2) is 0 Å². The van der Waals surface area contributed by atoms with E-state index in [0.29, 0.717) is 11.3 Å². The number of anilines is 1. The molecule has 1 rings (SSSR count). The topological polar surface area (TPSA) is 81.4 Å². The fourth-order valence-electron chi connectivity index (χ4n) is 1.30. The minimum atomic E-state index is -0.460. The smallest absolute Gasteiger partial charge is 0.338 e. The molecule has 0 aromatic heterocycles. The van der Waals surface area contributed by atoms with Gasteiger partial charge in [0.2, 0.25) is 5.91 Å². The van der Waals surface area contributed by atoms with Crippen molar-refractivity contribution in [3.63, 3.8) is 0 Å². The quantitative estimate of drug-likeness (QED) is 0.600. The summed E-state index contributed by atoms with van der Waals surface area (Å²) in [5.74, 6) is -0.624. The lowest BCUT2D eigenvalue weighted by atomic mass is 10.1. The first-order valence-electron chi connectivity index (χ1n) is 5.28. The van der Waals surface area contributed by atoms with Gasteiger partial charge in [0.05, 0.1) is 12.0 Å². The predicted molar refractivity (Wildman–Crippen MR) is 64.6 cm³/mol. The van der Waals surface area contributed by atoms with Gasteiger partial charge >= 0.3 is 5.97 Å². The van der Waals surface area contributed by atoms with Gasteiger partial charge in [0.1, 0.15) is 6.61 Å². The first-order chi connectivity index (χ1) is 8.04. The van der Waals surface area contributed by atoms with E-state index in [2.05, 4.69) is 5.32 Å². The molecule has 1 amide bonds. The number of nitrogen functional groups attached to an aromatic ring is 1. The third kappa shape index (κ3) is 3.79. The number of carbonyl (C=O) groups is 2. The first-order valence-corrected chi connectivity index (χ1v) is 5.28. The van der Waals surface area contributed by atoms with Crippen molar-refractivity contribution in [2.24, 2.45) is 0 Å². The van der Waals surface area contributed by atoms with E-state index in [9.17, 15) is 9.59 Å². The summed E-state index contributed by atoms with van der Waals surface area (Å²) in [6.45, 7) is 1.86. The Labute approximate surface area is 99.9 Å². The SMILES string of the molecule is CNC(=O)CCOC(=O)c1cc(N)ccc1C. The molecule has 0 bridgehead atoms. The highest BCUT2D eigenvalue weighted by molar-refractivity contribution is 5.92. The minimum Gasteiger partial charge on any atom is -0.462 e. The van der Waals surface area contributed by atoms with Crippen LogP contribution >= 0.6 is 0 Å². The molecular formula is C12H16N2O3. The second-order valence-electron chi connectivity index (χ2n) is 3.63. The summed E-state index contributed by atoms with van der Waals surface area (Å²) >= 11 is 0. The zero-order valence-electron chi connectivity index (χ0n) is 9.95. The van der Waals surface area contributed by atoms with Gasteiger partial charge in [-0.1, -0.05) is 6.07 Å². The molecule has 5 heteroatoms.